The van der Waals surface area contributed by atoms with Crippen LogP contribution >= 0.6 is 0 Å². The summed E-state index contributed by atoms with van der Waals surface area (Å²) in [5.41, 5.74) is 0. The first-order valence-electron chi connectivity index (χ1n) is 5.30. The number of carbonyl (C=O) groups is 1. The van der Waals surface area contributed by atoms with Gasteiger partial charge in [0.05, 0.1) is 13.7 Å². The number of hydrogen-bond donors (Lipinski definition) is 0. The summed E-state index contributed by atoms with van der Waals surface area (Å²) in [6.45, 7) is 1.38. The Morgan fingerprint density at radius 1 is 1.53 bits per heavy atom. The average Bonchev–Trinajstić information content (AvgIpc) is 2.29. The van der Waals surface area contributed by atoms with Gasteiger partial charge >= 0.3 is 5.97 Å². The van der Waals surface area contributed by atoms with Crippen molar-refractivity contribution in [2.24, 2.45) is 0 Å². The SMILES string of the molecule is COC(=O)/C=C\CCO[C@@H]1CCCCO1. The van der Waals surface area contributed by atoms with Crippen molar-refractivity contribution in [2.45, 2.75) is 32.0 Å². The molecule has 86 valence electrons. The predicted octanol–water partition coefficient (Wildman–Crippen LogP) is 1.65. The van der Waals surface area contributed by atoms with E-state index in [2.05, 4.69) is 4.74 Å². The number of methoxy groups -OCH3 is 1. The monoisotopic (exact) mass is 214 g/mol. The summed E-state index contributed by atoms with van der Waals surface area (Å²) in [6.07, 6.45) is 7.07. The van der Waals surface area contributed by atoms with Crippen molar-refractivity contribution in [3.05, 3.63) is 12.2 Å². The van der Waals surface area contributed by atoms with Gasteiger partial charge < -0.3 is 14.2 Å². The Kier molecular flexibility index (Phi) is 6.04. The van der Waals surface area contributed by atoms with Gasteiger partial charge in [-0.25, -0.2) is 4.79 Å². The van der Waals surface area contributed by atoms with E-state index in [1.807, 2.05) is 0 Å². The molecule has 1 atom stereocenters. The molecule has 0 radical (unpaired) electrons. The van der Waals surface area contributed by atoms with E-state index in [0.29, 0.717) is 13.0 Å². The minimum absolute atomic E-state index is 0.0507. The van der Waals surface area contributed by atoms with Crippen molar-refractivity contribution < 1.29 is 19.0 Å². The summed E-state index contributed by atoms with van der Waals surface area (Å²) in [6, 6.07) is 0. The van der Waals surface area contributed by atoms with Gasteiger partial charge in [0.2, 0.25) is 0 Å². The zero-order chi connectivity index (χ0) is 10.9. The van der Waals surface area contributed by atoms with Gasteiger partial charge in [0, 0.05) is 12.7 Å². The number of hydrogen-bond acceptors (Lipinski definition) is 4. The standard InChI is InChI=1S/C11H18O4/c1-13-10(12)6-2-4-8-14-11-7-3-5-9-15-11/h2,6,11H,3-5,7-9H2,1H3/b6-2-/t11-/m0/s1. The number of esters is 1. The van der Waals surface area contributed by atoms with Crippen molar-refractivity contribution in [2.75, 3.05) is 20.3 Å². The van der Waals surface area contributed by atoms with Crippen molar-refractivity contribution in [3.8, 4) is 0 Å². The van der Waals surface area contributed by atoms with Crippen molar-refractivity contribution >= 4 is 5.97 Å². The molecule has 0 aliphatic carbocycles. The fourth-order valence-corrected chi connectivity index (χ4v) is 1.36. The third-order valence-electron chi connectivity index (χ3n) is 2.18. The molecule has 15 heavy (non-hydrogen) atoms. The quantitative estimate of drug-likeness (QED) is 0.396. The van der Waals surface area contributed by atoms with E-state index < -0.39 is 0 Å². The molecule has 1 aliphatic heterocycles. The molecule has 0 saturated carbocycles. The average molecular weight is 214 g/mol. The molecule has 1 rings (SSSR count). The Morgan fingerprint density at radius 3 is 3.07 bits per heavy atom. The van der Waals surface area contributed by atoms with Gasteiger partial charge in [0.1, 0.15) is 0 Å². The summed E-state index contributed by atoms with van der Waals surface area (Å²) in [5.74, 6) is -0.330. The minimum Gasteiger partial charge on any atom is -0.466 e. The van der Waals surface area contributed by atoms with Crippen LogP contribution in [-0.2, 0) is 19.0 Å². The molecule has 1 saturated heterocycles. The maximum absolute atomic E-state index is 10.7. The van der Waals surface area contributed by atoms with Crippen LogP contribution in [0.1, 0.15) is 25.7 Å². The Labute approximate surface area is 90.2 Å². The molecule has 0 bridgehead atoms. The predicted molar refractivity (Wildman–Crippen MR) is 55.3 cm³/mol. The van der Waals surface area contributed by atoms with E-state index in [4.69, 9.17) is 9.47 Å². The highest BCUT2D eigenvalue weighted by molar-refractivity contribution is 5.81. The molecule has 4 heteroatoms. The molecule has 0 unspecified atom stereocenters. The topological polar surface area (TPSA) is 44.8 Å². The van der Waals surface area contributed by atoms with Gasteiger partial charge in [-0.15, -0.1) is 0 Å². The Balaban J connectivity index is 2.00. The van der Waals surface area contributed by atoms with E-state index in [1.54, 1.807) is 6.08 Å². The largest absolute Gasteiger partial charge is 0.466 e. The Morgan fingerprint density at radius 2 is 2.40 bits per heavy atom. The molecule has 4 nitrogen and oxygen atoms in total. The van der Waals surface area contributed by atoms with Crippen molar-refractivity contribution in [1.29, 1.82) is 0 Å². The van der Waals surface area contributed by atoms with Crippen LogP contribution in [0, 0.1) is 0 Å². The highest BCUT2D eigenvalue weighted by Gasteiger charge is 2.12. The molecule has 0 N–H and O–H groups in total. The van der Waals surface area contributed by atoms with Crippen LogP contribution in [0.5, 0.6) is 0 Å². The van der Waals surface area contributed by atoms with Crippen LogP contribution in [0.3, 0.4) is 0 Å². The normalized spacial score (nSPS) is 21.8. The van der Waals surface area contributed by atoms with Gasteiger partial charge in [0.15, 0.2) is 6.29 Å². The van der Waals surface area contributed by atoms with Crippen LogP contribution < -0.4 is 0 Å². The summed E-state index contributed by atoms with van der Waals surface area (Å²) in [5, 5.41) is 0. The van der Waals surface area contributed by atoms with Gasteiger partial charge in [-0.1, -0.05) is 6.08 Å². The lowest BCUT2D eigenvalue weighted by molar-refractivity contribution is -0.161. The van der Waals surface area contributed by atoms with Crippen LogP contribution in [0.25, 0.3) is 0 Å². The molecule has 1 fully saturated rings. The molecular formula is C11H18O4. The number of carbonyl (C=O) groups excluding carboxylic acids is 1. The second kappa shape index (κ2) is 7.43. The van der Waals surface area contributed by atoms with Crippen LogP contribution in [0.15, 0.2) is 12.2 Å². The first-order chi connectivity index (χ1) is 7.33. The Hall–Kier alpha value is -0.870. The maximum atomic E-state index is 10.7. The fourth-order valence-electron chi connectivity index (χ4n) is 1.36. The third-order valence-corrected chi connectivity index (χ3v) is 2.18. The van der Waals surface area contributed by atoms with Crippen LogP contribution in [0.4, 0.5) is 0 Å². The van der Waals surface area contributed by atoms with E-state index in [1.165, 1.54) is 19.6 Å². The molecule has 0 amide bonds. The molecule has 0 aromatic carbocycles. The van der Waals surface area contributed by atoms with Gasteiger partial charge in [-0.05, 0) is 25.7 Å². The lowest BCUT2D eigenvalue weighted by Gasteiger charge is -2.22. The fraction of sp³-hybridized carbons (Fsp3) is 0.727. The van der Waals surface area contributed by atoms with Crippen molar-refractivity contribution in [1.82, 2.24) is 0 Å². The highest BCUT2D eigenvalue weighted by atomic mass is 16.7. The summed E-state index contributed by atoms with van der Waals surface area (Å²) >= 11 is 0. The van der Waals surface area contributed by atoms with Gasteiger partial charge in [-0.3, -0.25) is 0 Å². The highest BCUT2D eigenvalue weighted by Crippen LogP contribution is 2.13. The Bertz CT molecular complexity index is 207. The zero-order valence-corrected chi connectivity index (χ0v) is 9.11. The maximum Gasteiger partial charge on any atom is 0.330 e. The van der Waals surface area contributed by atoms with Crippen LogP contribution in [0.2, 0.25) is 0 Å². The first-order valence-corrected chi connectivity index (χ1v) is 5.30. The van der Waals surface area contributed by atoms with Crippen LogP contribution in [-0.4, -0.2) is 32.6 Å². The molecular weight excluding hydrogens is 196 g/mol. The van der Waals surface area contributed by atoms with Crippen molar-refractivity contribution in [3.63, 3.8) is 0 Å². The smallest absolute Gasteiger partial charge is 0.330 e. The number of rotatable bonds is 5. The molecule has 1 aliphatic rings. The first kappa shape index (κ1) is 12.2. The third kappa shape index (κ3) is 5.54. The second-order valence-electron chi connectivity index (χ2n) is 3.38. The lowest BCUT2D eigenvalue weighted by Crippen LogP contribution is -2.22. The van der Waals surface area contributed by atoms with Gasteiger partial charge in [-0.2, -0.15) is 0 Å². The van der Waals surface area contributed by atoms with Gasteiger partial charge in [0.25, 0.3) is 0 Å². The van der Waals surface area contributed by atoms with E-state index in [9.17, 15) is 4.79 Å². The summed E-state index contributed by atoms with van der Waals surface area (Å²) < 4.78 is 15.3. The molecule has 0 spiro atoms. The molecule has 0 aromatic rings. The van der Waals surface area contributed by atoms with E-state index in [-0.39, 0.29) is 12.3 Å². The molecule has 0 aromatic heterocycles. The molecule has 1 heterocycles. The number of ether oxygens (including phenoxy) is 3. The second-order valence-corrected chi connectivity index (χ2v) is 3.38. The minimum atomic E-state index is -0.330. The summed E-state index contributed by atoms with van der Waals surface area (Å²) in [7, 11) is 1.36. The lowest BCUT2D eigenvalue weighted by atomic mass is 10.2. The van der Waals surface area contributed by atoms with E-state index in [0.717, 1.165) is 19.4 Å². The van der Waals surface area contributed by atoms with E-state index >= 15 is 0 Å². The summed E-state index contributed by atoms with van der Waals surface area (Å²) in [4.78, 5) is 10.7. The zero-order valence-electron chi connectivity index (χ0n) is 9.11.